The second-order valence-electron chi connectivity index (χ2n) is 7.85. The summed E-state index contributed by atoms with van der Waals surface area (Å²) in [6, 6.07) is 11.0. The first-order chi connectivity index (χ1) is 13.8. The van der Waals surface area contributed by atoms with Crippen LogP contribution in [0.4, 0.5) is 5.69 Å². The molecule has 158 valence electrons. The van der Waals surface area contributed by atoms with Gasteiger partial charge < -0.3 is 9.16 Å². The summed E-state index contributed by atoms with van der Waals surface area (Å²) < 4.78 is 12.7. The summed E-state index contributed by atoms with van der Waals surface area (Å²) in [6.45, 7) is 13.5. The number of hydrogen-bond acceptors (Lipinski definition) is 4. The first-order valence-corrected chi connectivity index (χ1v) is 14.1. The molecule has 0 spiro atoms. The number of rotatable bonds is 13. The lowest BCUT2D eigenvalue weighted by Gasteiger charge is -2.35. The highest BCUT2D eigenvalue weighted by molar-refractivity contribution is 6.73. The van der Waals surface area contributed by atoms with Gasteiger partial charge in [-0.15, -0.1) is 6.58 Å². The van der Waals surface area contributed by atoms with Crippen LogP contribution in [0.5, 0.6) is 0 Å². The summed E-state index contributed by atoms with van der Waals surface area (Å²) in [4.78, 5) is 10.9. The van der Waals surface area contributed by atoms with Gasteiger partial charge in [0.1, 0.15) is 5.60 Å². The van der Waals surface area contributed by atoms with Crippen molar-refractivity contribution in [3.63, 3.8) is 0 Å². The lowest BCUT2D eigenvalue weighted by Crippen LogP contribution is -2.45. The molecule has 29 heavy (non-hydrogen) atoms. The smallest absolute Gasteiger partial charge is 0.268 e. The zero-order valence-corrected chi connectivity index (χ0v) is 20.1. The third-order valence-electron chi connectivity index (χ3n) is 5.77. The third-order valence-corrected chi connectivity index (χ3v) is 11.6. The van der Waals surface area contributed by atoms with E-state index in [2.05, 4.69) is 39.5 Å². The Morgan fingerprint density at radius 1 is 1.38 bits per heavy atom. The van der Waals surface area contributed by atoms with Crippen LogP contribution in [0.15, 0.2) is 48.6 Å². The highest BCUT2D eigenvalue weighted by Crippen LogP contribution is 2.41. The van der Waals surface area contributed by atoms with Gasteiger partial charge in [-0.1, -0.05) is 56.7 Å². The molecule has 0 unspecified atom stereocenters. The fourth-order valence-corrected chi connectivity index (χ4v) is 7.58. The quantitative estimate of drug-likeness (QED) is 0.145. The Hall–Kier alpha value is -1.55. The van der Waals surface area contributed by atoms with Gasteiger partial charge >= 0.3 is 0 Å². The number of nitro benzene ring substituents is 1. The Morgan fingerprint density at radius 3 is 2.52 bits per heavy atom. The Bertz CT molecular complexity index is 734. The Kier molecular flexibility index (Phi) is 8.57. The van der Waals surface area contributed by atoms with E-state index in [9.17, 15) is 10.1 Å². The van der Waals surface area contributed by atoms with Crippen LogP contribution < -0.4 is 5.19 Å². The minimum atomic E-state index is -1.80. The molecule has 7 heteroatoms. The molecule has 1 aliphatic rings. The zero-order valence-electron chi connectivity index (χ0n) is 18.1. The van der Waals surface area contributed by atoms with E-state index in [1.165, 1.54) is 0 Å². The van der Waals surface area contributed by atoms with E-state index in [-0.39, 0.29) is 22.3 Å². The van der Waals surface area contributed by atoms with Crippen LogP contribution in [0.3, 0.4) is 0 Å². The predicted molar refractivity (Wildman–Crippen MR) is 123 cm³/mol. The number of para-hydroxylation sites is 1. The molecule has 0 amide bonds. The van der Waals surface area contributed by atoms with Crippen LogP contribution in [-0.4, -0.2) is 41.1 Å². The number of hydrogen-bond donors (Lipinski definition) is 0. The van der Waals surface area contributed by atoms with Gasteiger partial charge in [0.25, 0.3) is 5.69 Å². The van der Waals surface area contributed by atoms with Gasteiger partial charge in [-0.3, -0.25) is 10.1 Å². The molecular formula is C22H33NO4Si2. The van der Waals surface area contributed by atoms with Gasteiger partial charge in [-0.2, -0.15) is 0 Å². The largest absolute Gasteiger partial charge is 0.407 e. The topological polar surface area (TPSA) is 64.9 Å². The predicted octanol–water partition coefficient (Wildman–Crippen LogP) is 5.02. The van der Waals surface area contributed by atoms with E-state index in [1.54, 1.807) is 12.1 Å². The SMILES string of the molecule is C=C(C)C[C@]1([C@@H](/C=C/C[Si]c2ccccc2[N+](=O)[O-])O[Si](CC)(CC)CC)CO1. The van der Waals surface area contributed by atoms with Crippen molar-refractivity contribution in [1.29, 1.82) is 0 Å². The van der Waals surface area contributed by atoms with E-state index < -0.39 is 8.32 Å². The van der Waals surface area contributed by atoms with Crippen molar-refractivity contribution in [3.8, 4) is 0 Å². The number of ether oxygens (including phenoxy) is 1. The lowest BCUT2D eigenvalue weighted by molar-refractivity contribution is -0.383. The fraction of sp³-hybridized carbons (Fsp3) is 0.545. The van der Waals surface area contributed by atoms with Gasteiger partial charge in [0.05, 0.1) is 27.2 Å². The monoisotopic (exact) mass is 431 g/mol. The van der Waals surface area contributed by atoms with Gasteiger partial charge in [0.2, 0.25) is 0 Å². The van der Waals surface area contributed by atoms with Crippen molar-refractivity contribution >= 4 is 28.7 Å². The highest BCUT2D eigenvalue weighted by atomic mass is 28.4. The Labute approximate surface area is 178 Å². The Morgan fingerprint density at radius 2 is 2.00 bits per heavy atom. The van der Waals surface area contributed by atoms with Crippen LogP contribution in [0.2, 0.25) is 24.2 Å². The molecule has 0 saturated carbocycles. The second kappa shape index (κ2) is 10.5. The Balaban J connectivity index is 2.13. The highest BCUT2D eigenvalue weighted by Gasteiger charge is 2.53. The number of nitro groups is 1. The maximum Gasteiger partial charge on any atom is 0.268 e. The molecule has 1 aromatic rings. The summed E-state index contributed by atoms with van der Waals surface area (Å²) in [5.41, 5.74) is 1.01. The minimum Gasteiger partial charge on any atom is -0.407 e. The first kappa shape index (κ1) is 23.7. The molecule has 1 aliphatic heterocycles. The van der Waals surface area contributed by atoms with Crippen LogP contribution in [0, 0.1) is 10.1 Å². The molecule has 1 aromatic carbocycles. The number of epoxide rings is 1. The van der Waals surface area contributed by atoms with Crippen molar-refractivity contribution in [2.45, 2.75) is 70.0 Å². The number of allylic oxidation sites excluding steroid dienone is 1. The van der Waals surface area contributed by atoms with Crippen molar-refractivity contribution in [2.24, 2.45) is 0 Å². The lowest BCUT2D eigenvalue weighted by atomic mass is 9.95. The molecule has 0 aromatic heterocycles. The first-order valence-electron chi connectivity index (χ1n) is 10.4. The average Bonchev–Trinajstić information content (AvgIpc) is 3.48. The summed E-state index contributed by atoms with van der Waals surface area (Å²) in [5.74, 6) is 0. The fourth-order valence-electron chi connectivity index (χ4n) is 3.70. The van der Waals surface area contributed by atoms with Crippen molar-refractivity contribution in [3.05, 3.63) is 58.7 Å². The van der Waals surface area contributed by atoms with Gasteiger partial charge in [-0.25, -0.2) is 0 Å². The van der Waals surface area contributed by atoms with Crippen molar-refractivity contribution in [1.82, 2.24) is 0 Å². The van der Waals surface area contributed by atoms with Crippen LogP contribution >= 0.6 is 0 Å². The van der Waals surface area contributed by atoms with Gasteiger partial charge in [0.15, 0.2) is 8.32 Å². The summed E-state index contributed by atoms with van der Waals surface area (Å²) in [5, 5.41) is 12.0. The molecule has 2 atom stereocenters. The van der Waals surface area contributed by atoms with E-state index in [4.69, 9.17) is 9.16 Å². The normalized spacial score (nSPS) is 20.0. The van der Waals surface area contributed by atoms with Crippen LogP contribution in [-0.2, 0) is 9.16 Å². The van der Waals surface area contributed by atoms with Gasteiger partial charge in [-0.05, 0) is 31.1 Å². The zero-order chi connectivity index (χ0) is 21.5. The molecule has 0 bridgehead atoms. The molecule has 5 nitrogen and oxygen atoms in total. The third kappa shape index (κ3) is 6.21. The van der Waals surface area contributed by atoms with Crippen molar-refractivity contribution < 1.29 is 14.1 Å². The second-order valence-corrected chi connectivity index (χ2v) is 13.9. The van der Waals surface area contributed by atoms with E-state index in [1.807, 2.05) is 19.1 Å². The van der Waals surface area contributed by atoms with E-state index >= 15 is 0 Å². The standard InChI is InChI=1S/C22H33NO4Si2/c1-6-29(7-2,8-3)27-21(22(17-26-22)16-18(4)5)14-11-15-28-20-13-10-9-12-19(20)23(24)25/h9-14,21H,4,6-8,15-17H2,1-3,5H3/b14-11+/t21-,22-/m1/s1. The van der Waals surface area contributed by atoms with E-state index in [0.29, 0.717) is 16.1 Å². The molecule has 1 fully saturated rings. The van der Waals surface area contributed by atoms with Crippen LogP contribution in [0.1, 0.15) is 34.1 Å². The molecule has 0 N–H and O–H groups in total. The average molecular weight is 432 g/mol. The molecule has 1 saturated heterocycles. The number of nitrogens with zero attached hydrogens (tertiary/aromatic N) is 1. The van der Waals surface area contributed by atoms with Crippen LogP contribution in [0.25, 0.3) is 0 Å². The van der Waals surface area contributed by atoms with Gasteiger partial charge in [0, 0.05) is 17.7 Å². The number of benzene rings is 1. The van der Waals surface area contributed by atoms with E-state index in [0.717, 1.165) is 41.4 Å². The van der Waals surface area contributed by atoms with Crippen molar-refractivity contribution in [2.75, 3.05) is 6.61 Å². The maximum absolute atomic E-state index is 11.2. The summed E-state index contributed by atoms with van der Waals surface area (Å²) >= 11 is 0. The summed E-state index contributed by atoms with van der Waals surface area (Å²) in [6.07, 6.45) is 4.97. The molecular weight excluding hydrogens is 398 g/mol. The molecule has 2 rings (SSSR count). The molecule has 0 aliphatic carbocycles. The maximum atomic E-state index is 11.2. The molecule has 1 heterocycles. The summed E-state index contributed by atoms with van der Waals surface area (Å²) in [7, 11) is -1.44. The molecule has 2 radical (unpaired) electrons. The minimum absolute atomic E-state index is 0.0822.